The molecule has 0 aliphatic heterocycles. The van der Waals surface area contributed by atoms with Crippen LogP contribution in [0.3, 0.4) is 0 Å². The van der Waals surface area contributed by atoms with Crippen LogP contribution in [0.4, 0.5) is 0 Å². The fraction of sp³-hybridized carbons (Fsp3) is 0.806. The second-order valence-corrected chi connectivity index (χ2v) is 11.6. The van der Waals surface area contributed by atoms with Gasteiger partial charge in [-0.15, -0.1) is 0 Å². The molecule has 0 aliphatic rings. The molecular weight excluding hydrogens is 494 g/mol. The van der Waals surface area contributed by atoms with Crippen molar-refractivity contribution in [3.63, 3.8) is 0 Å². The predicted octanol–water partition coefficient (Wildman–Crippen LogP) is 9.90. The van der Waals surface area contributed by atoms with E-state index in [1.165, 1.54) is 109 Å². The van der Waals surface area contributed by atoms with Crippen LogP contribution >= 0.6 is 0 Å². The highest BCUT2D eigenvalue weighted by molar-refractivity contribution is 5.76. The van der Waals surface area contributed by atoms with Gasteiger partial charge in [0.2, 0.25) is 5.91 Å². The molecule has 40 heavy (non-hydrogen) atoms. The molecule has 0 aliphatic carbocycles. The summed E-state index contributed by atoms with van der Waals surface area (Å²) in [5, 5.41) is 22.7. The molecule has 2 atom stereocenters. The summed E-state index contributed by atoms with van der Waals surface area (Å²) >= 11 is 0. The maximum absolute atomic E-state index is 12.2. The molecule has 4 heteroatoms. The van der Waals surface area contributed by atoms with Gasteiger partial charge in [0, 0.05) is 6.42 Å². The summed E-state index contributed by atoms with van der Waals surface area (Å²) in [5.74, 6) is -0.112. The zero-order valence-electron chi connectivity index (χ0n) is 26.6. The Kier molecular flexibility index (Phi) is 31.0. The van der Waals surface area contributed by atoms with Crippen LogP contribution in [-0.2, 0) is 4.79 Å². The lowest BCUT2D eigenvalue weighted by Crippen LogP contribution is -2.45. The first-order chi connectivity index (χ1) is 19.7. The number of aliphatic hydroxyl groups excluding tert-OH is 2. The molecule has 0 rings (SSSR count). The van der Waals surface area contributed by atoms with E-state index in [0.717, 1.165) is 38.5 Å². The van der Waals surface area contributed by atoms with Gasteiger partial charge in [0.05, 0.1) is 18.8 Å². The van der Waals surface area contributed by atoms with Crippen molar-refractivity contribution in [2.75, 3.05) is 6.61 Å². The van der Waals surface area contributed by atoms with Crippen LogP contribution in [0, 0.1) is 0 Å². The first kappa shape index (κ1) is 38.6. The van der Waals surface area contributed by atoms with Crippen molar-refractivity contribution in [1.82, 2.24) is 5.32 Å². The Morgan fingerprint density at radius 2 is 0.975 bits per heavy atom. The van der Waals surface area contributed by atoms with E-state index in [4.69, 9.17) is 0 Å². The molecule has 234 valence electrons. The number of amides is 1. The Labute approximate surface area is 249 Å². The third kappa shape index (κ3) is 28.1. The monoisotopic (exact) mass is 562 g/mol. The molecule has 0 aromatic carbocycles. The van der Waals surface area contributed by atoms with Gasteiger partial charge >= 0.3 is 0 Å². The van der Waals surface area contributed by atoms with Crippen molar-refractivity contribution >= 4 is 5.91 Å². The van der Waals surface area contributed by atoms with Gasteiger partial charge in [-0.05, 0) is 51.4 Å². The van der Waals surface area contributed by atoms with Crippen molar-refractivity contribution in [2.24, 2.45) is 0 Å². The summed E-state index contributed by atoms with van der Waals surface area (Å²) in [7, 11) is 0. The fourth-order valence-electron chi connectivity index (χ4n) is 4.90. The summed E-state index contributed by atoms with van der Waals surface area (Å²) in [6.07, 6.45) is 41.0. The van der Waals surface area contributed by atoms with E-state index in [2.05, 4.69) is 43.5 Å². The molecule has 3 N–H and O–H groups in total. The number of hydrogen-bond acceptors (Lipinski definition) is 3. The molecule has 0 saturated heterocycles. The van der Waals surface area contributed by atoms with Gasteiger partial charge in [0.1, 0.15) is 0 Å². The summed E-state index contributed by atoms with van der Waals surface area (Å²) in [6.45, 7) is 4.23. The molecule has 0 saturated carbocycles. The van der Waals surface area contributed by atoms with E-state index in [0.29, 0.717) is 6.42 Å². The lowest BCUT2D eigenvalue weighted by molar-refractivity contribution is -0.122. The van der Waals surface area contributed by atoms with Crippen molar-refractivity contribution in [3.8, 4) is 0 Å². The van der Waals surface area contributed by atoms with E-state index in [1.54, 1.807) is 6.08 Å². The van der Waals surface area contributed by atoms with Gasteiger partial charge < -0.3 is 15.5 Å². The van der Waals surface area contributed by atoms with Crippen molar-refractivity contribution < 1.29 is 15.0 Å². The van der Waals surface area contributed by atoms with Crippen molar-refractivity contribution in [1.29, 1.82) is 0 Å². The first-order valence-corrected chi connectivity index (χ1v) is 17.2. The van der Waals surface area contributed by atoms with E-state index in [-0.39, 0.29) is 12.5 Å². The number of nitrogens with one attached hydrogen (secondary N) is 1. The Bertz CT molecular complexity index is 613. The number of rotatable bonds is 30. The van der Waals surface area contributed by atoms with Gasteiger partial charge in [-0.2, -0.15) is 0 Å². The summed E-state index contributed by atoms with van der Waals surface area (Å²) in [4.78, 5) is 12.2. The number of carbonyl (C=O) groups is 1. The molecule has 2 unspecified atom stereocenters. The molecule has 0 aromatic heterocycles. The predicted molar refractivity (Wildman–Crippen MR) is 175 cm³/mol. The van der Waals surface area contributed by atoms with E-state index in [1.807, 2.05) is 6.08 Å². The zero-order chi connectivity index (χ0) is 29.4. The van der Waals surface area contributed by atoms with Crippen LogP contribution in [-0.4, -0.2) is 34.9 Å². The second-order valence-electron chi connectivity index (χ2n) is 11.6. The fourth-order valence-corrected chi connectivity index (χ4v) is 4.90. The van der Waals surface area contributed by atoms with Gasteiger partial charge in [0.25, 0.3) is 0 Å². The lowest BCUT2D eigenvalue weighted by atomic mass is 10.0. The topological polar surface area (TPSA) is 69.6 Å². The quantitative estimate of drug-likeness (QED) is 0.0603. The van der Waals surface area contributed by atoms with Crippen molar-refractivity contribution in [2.45, 2.75) is 180 Å². The SMILES string of the molecule is CCCCCC/C=C\CCCC(=O)NC(CO)C(O)/C=C/CC/C=C/CCCCCCCCCCCCCCC. The highest BCUT2D eigenvalue weighted by Gasteiger charge is 2.17. The number of unbranched alkanes of at least 4 members (excludes halogenated alkanes) is 19. The summed E-state index contributed by atoms with van der Waals surface area (Å²) < 4.78 is 0. The second kappa shape index (κ2) is 32.1. The maximum atomic E-state index is 12.2. The smallest absolute Gasteiger partial charge is 0.220 e. The number of hydrogen-bond donors (Lipinski definition) is 3. The van der Waals surface area contributed by atoms with Crippen molar-refractivity contribution in [3.05, 3.63) is 36.5 Å². The molecule has 0 spiro atoms. The lowest BCUT2D eigenvalue weighted by Gasteiger charge is -2.19. The van der Waals surface area contributed by atoms with Crippen LogP contribution in [0.25, 0.3) is 0 Å². The minimum Gasteiger partial charge on any atom is -0.394 e. The summed E-state index contributed by atoms with van der Waals surface area (Å²) in [6, 6.07) is -0.649. The van der Waals surface area contributed by atoms with Crippen LogP contribution in [0.2, 0.25) is 0 Å². The highest BCUT2D eigenvalue weighted by atomic mass is 16.3. The van der Waals surface area contributed by atoms with Crippen LogP contribution in [0.15, 0.2) is 36.5 Å². The largest absolute Gasteiger partial charge is 0.394 e. The Balaban J connectivity index is 3.69. The molecule has 4 nitrogen and oxygen atoms in total. The van der Waals surface area contributed by atoms with E-state index < -0.39 is 12.1 Å². The minimum atomic E-state index is -0.869. The van der Waals surface area contributed by atoms with Gasteiger partial charge in [-0.1, -0.05) is 147 Å². The van der Waals surface area contributed by atoms with Crippen LogP contribution in [0.1, 0.15) is 168 Å². The zero-order valence-corrected chi connectivity index (χ0v) is 26.6. The number of allylic oxidation sites excluding steroid dienone is 5. The normalized spacial score (nSPS) is 13.6. The third-order valence-corrected chi connectivity index (χ3v) is 7.60. The Hall–Kier alpha value is -1.39. The molecule has 0 fully saturated rings. The summed E-state index contributed by atoms with van der Waals surface area (Å²) in [5.41, 5.74) is 0. The van der Waals surface area contributed by atoms with Gasteiger partial charge in [-0.25, -0.2) is 0 Å². The van der Waals surface area contributed by atoms with Crippen LogP contribution < -0.4 is 5.32 Å². The number of aliphatic hydroxyl groups is 2. The standard InChI is InChI=1S/C36H67NO3/c1-3-5-7-9-11-13-14-15-16-17-18-19-20-21-22-24-25-27-29-31-35(39)34(33-38)37-36(40)32-30-28-26-23-12-10-8-6-4-2/h22-24,26,29,31,34-35,38-39H,3-21,25,27-28,30,32-33H2,1-2H3,(H,37,40)/b24-22+,26-23-,31-29+. The molecule has 1 amide bonds. The highest BCUT2D eigenvalue weighted by Crippen LogP contribution is 2.13. The maximum Gasteiger partial charge on any atom is 0.220 e. The average molecular weight is 562 g/mol. The minimum absolute atomic E-state index is 0.112. The van der Waals surface area contributed by atoms with Gasteiger partial charge in [-0.3, -0.25) is 4.79 Å². The van der Waals surface area contributed by atoms with E-state index in [9.17, 15) is 15.0 Å². The molecular formula is C36H67NO3. The Morgan fingerprint density at radius 1 is 0.575 bits per heavy atom. The molecule has 0 bridgehead atoms. The Morgan fingerprint density at radius 3 is 1.48 bits per heavy atom. The van der Waals surface area contributed by atoms with E-state index >= 15 is 0 Å². The van der Waals surface area contributed by atoms with Crippen LogP contribution in [0.5, 0.6) is 0 Å². The average Bonchev–Trinajstić information content (AvgIpc) is 2.96. The first-order valence-electron chi connectivity index (χ1n) is 17.2. The van der Waals surface area contributed by atoms with Gasteiger partial charge in [0.15, 0.2) is 0 Å². The third-order valence-electron chi connectivity index (χ3n) is 7.60. The molecule has 0 radical (unpaired) electrons. The molecule has 0 heterocycles. The molecule has 0 aromatic rings. The number of carbonyl (C=O) groups excluding carboxylic acids is 1.